The third kappa shape index (κ3) is 3.89. The quantitative estimate of drug-likeness (QED) is 0.758. The molecule has 0 spiro atoms. The van der Waals surface area contributed by atoms with Gasteiger partial charge in [-0.25, -0.2) is 9.59 Å². The lowest BCUT2D eigenvalue weighted by Crippen LogP contribution is -2.40. The Morgan fingerprint density at radius 2 is 1.82 bits per heavy atom. The first-order valence-electron chi connectivity index (χ1n) is 7.59. The molecule has 10 heteroatoms. The SMILES string of the molecule is O=C(O)C1=Cc2cc(Cl)c(Oc3cccc(C(=O)O)c3)cc2OC1C(F)(F)F. The van der Waals surface area contributed by atoms with Crippen LogP contribution in [0, 0.1) is 0 Å². The van der Waals surface area contributed by atoms with E-state index in [2.05, 4.69) is 0 Å². The average molecular weight is 415 g/mol. The second-order valence-electron chi connectivity index (χ2n) is 5.70. The Morgan fingerprint density at radius 3 is 2.43 bits per heavy atom. The van der Waals surface area contributed by atoms with E-state index in [9.17, 15) is 22.8 Å². The van der Waals surface area contributed by atoms with Gasteiger partial charge in [0.05, 0.1) is 16.2 Å². The van der Waals surface area contributed by atoms with E-state index in [4.69, 9.17) is 31.3 Å². The van der Waals surface area contributed by atoms with Gasteiger partial charge in [-0.05, 0) is 30.3 Å². The molecule has 0 bridgehead atoms. The maximum Gasteiger partial charge on any atom is 0.430 e. The molecule has 3 rings (SSSR count). The molecule has 28 heavy (non-hydrogen) atoms. The lowest BCUT2D eigenvalue weighted by atomic mass is 10.0. The van der Waals surface area contributed by atoms with E-state index >= 15 is 0 Å². The van der Waals surface area contributed by atoms with Crippen molar-refractivity contribution >= 4 is 29.6 Å². The molecule has 0 radical (unpaired) electrons. The summed E-state index contributed by atoms with van der Waals surface area (Å²) >= 11 is 6.07. The summed E-state index contributed by atoms with van der Waals surface area (Å²) in [6.07, 6.45) is -6.76. The highest BCUT2D eigenvalue weighted by molar-refractivity contribution is 6.32. The molecule has 0 aromatic heterocycles. The van der Waals surface area contributed by atoms with Crippen LogP contribution in [0.25, 0.3) is 6.08 Å². The van der Waals surface area contributed by atoms with Gasteiger partial charge in [0.1, 0.15) is 17.2 Å². The lowest BCUT2D eigenvalue weighted by molar-refractivity contribution is -0.187. The van der Waals surface area contributed by atoms with Crippen molar-refractivity contribution in [1.29, 1.82) is 0 Å². The molecule has 0 saturated heterocycles. The Hall–Kier alpha value is -3.20. The molecule has 0 amide bonds. The van der Waals surface area contributed by atoms with Gasteiger partial charge in [0.2, 0.25) is 6.10 Å². The van der Waals surface area contributed by atoms with Gasteiger partial charge in [0.25, 0.3) is 0 Å². The molecular formula is C18H10ClF3O6. The van der Waals surface area contributed by atoms with Crippen molar-refractivity contribution in [1.82, 2.24) is 0 Å². The first-order valence-corrected chi connectivity index (χ1v) is 7.97. The lowest BCUT2D eigenvalue weighted by Gasteiger charge is -2.27. The van der Waals surface area contributed by atoms with Crippen LogP contribution in [0.1, 0.15) is 15.9 Å². The third-order valence-corrected chi connectivity index (χ3v) is 4.05. The fraction of sp³-hybridized carbons (Fsp3) is 0.111. The molecule has 0 aliphatic carbocycles. The van der Waals surface area contributed by atoms with Crippen LogP contribution in [0.15, 0.2) is 42.0 Å². The van der Waals surface area contributed by atoms with Gasteiger partial charge in [0.15, 0.2) is 0 Å². The maximum absolute atomic E-state index is 13.2. The minimum absolute atomic E-state index is 0.0328. The molecule has 1 aliphatic rings. The summed E-state index contributed by atoms with van der Waals surface area (Å²) in [5, 5.41) is 18.0. The molecule has 0 saturated carbocycles. The Labute approximate surface area is 160 Å². The monoisotopic (exact) mass is 414 g/mol. The van der Waals surface area contributed by atoms with Crippen LogP contribution in [0.4, 0.5) is 13.2 Å². The van der Waals surface area contributed by atoms with Gasteiger partial charge in [-0.1, -0.05) is 17.7 Å². The summed E-state index contributed by atoms with van der Waals surface area (Å²) in [5.41, 5.74) is -0.998. The maximum atomic E-state index is 13.2. The van der Waals surface area contributed by atoms with Gasteiger partial charge in [0, 0.05) is 11.6 Å². The highest BCUT2D eigenvalue weighted by Crippen LogP contribution is 2.42. The van der Waals surface area contributed by atoms with Gasteiger partial charge < -0.3 is 19.7 Å². The second kappa shape index (κ2) is 7.08. The number of carboxylic acids is 2. The van der Waals surface area contributed by atoms with Crippen molar-refractivity contribution < 1.29 is 42.4 Å². The number of ether oxygens (including phenoxy) is 2. The number of alkyl halides is 3. The Morgan fingerprint density at radius 1 is 1.11 bits per heavy atom. The Balaban J connectivity index is 2.00. The number of fused-ring (bicyclic) bond motifs is 1. The minimum Gasteiger partial charge on any atom is -0.478 e. The molecular weight excluding hydrogens is 405 g/mol. The van der Waals surface area contributed by atoms with E-state index in [1.807, 2.05) is 0 Å². The van der Waals surface area contributed by atoms with E-state index in [0.717, 1.165) is 12.1 Å². The van der Waals surface area contributed by atoms with E-state index in [-0.39, 0.29) is 33.4 Å². The fourth-order valence-electron chi connectivity index (χ4n) is 2.51. The highest BCUT2D eigenvalue weighted by atomic mass is 35.5. The summed E-state index contributed by atoms with van der Waals surface area (Å²) in [6, 6.07) is 7.67. The summed E-state index contributed by atoms with van der Waals surface area (Å²) in [6.45, 7) is 0. The standard InChI is InChI=1S/C18H10ClF3O6/c19-12-6-9-5-11(17(25)26)15(18(20,21)22)28-13(9)7-14(12)27-10-3-1-2-8(4-10)16(23)24/h1-7,15H,(H,23,24)(H,25,26). The smallest absolute Gasteiger partial charge is 0.430 e. The zero-order chi connectivity index (χ0) is 20.6. The molecule has 1 unspecified atom stereocenters. The first-order chi connectivity index (χ1) is 13.1. The average Bonchev–Trinajstić information content (AvgIpc) is 2.60. The van der Waals surface area contributed by atoms with Crippen molar-refractivity contribution in [3.8, 4) is 17.2 Å². The van der Waals surface area contributed by atoms with Crippen molar-refractivity contribution in [2.75, 3.05) is 0 Å². The molecule has 1 atom stereocenters. The number of benzene rings is 2. The van der Waals surface area contributed by atoms with E-state index in [1.54, 1.807) is 0 Å². The summed E-state index contributed by atoms with van der Waals surface area (Å²) in [4.78, 5) is 22.2. The van der Waals surface area contributed by atoms with Gasteiger partial charge in [-0.15, -0.1) is 0 Å². The largest absolute Gasteiger partial charge is 0.478 e. The van der Waals surface area contributed by atoms with Crippen LogP contribution in [0.3, 0.4) is 0 Å². The molecule has 2 N–H and O–H groups in total. The molecule has 146 valence electrons. The first kappa shape index (κ1) is 19.6. The normalized spacial score (nSPS) is 15.9. The minimum atomic E-state index is -4.95. The van der Waals surface area contributed by atoms with Crippen molar-refractivity contribution in [2.45, 2.75) is 12.3 Å². The van der Waals surface area contributed by atoms with Crippen LogP contribution >= 0.6 is 11.6 Å². The predicted octanol–water partition coefficient (Wildman–Crippen LogP) is 4.62. The van der Waals surface area contributed by atoms with Crippen molar-refractivity contribution in [2.24, 2.45) is 0 Å². The van der Waals surface area contributed by atoms with Crippen molar-refractivity contribution in [3.05, 3.63) is 58.1 Å². The second-order valence-corrected chi connectivity index (χ2v) is 6.11. The zero-order valence-corrected chi connectivity index (χ0v) is 14.4. The summed E-state index contributed by atoms with van der Waals surface area (Å²) in [5.74, 6) is -3.23. The van der Waals surface area contributed by atoms with Crippen LogP contribution in [-0.2, 0) is 4.79 Å². The summed E-state index contributed by atoms with van der Waals surface area (Å²) < 4.78 is 49.8. The van der Waals surface area contributed by atoms with Crippen LogP contribution < -0.4 is 9.47 Å². The number of halogens is 4. The van der Waals surface area contributed by atoms with Gasteiger partial charge >= 0.3 is 18.1 Å². The fourth-order valence-corrected chi connectivity index (χ4v) is 2.72. The summed E-state index contributed by atoms with van der Waals surface area (Å²) in [7, 11) is 0. The molecule has 1 aliphatic heterocycles. The van der Waals surface area contributed by atoms with E-state index in [0.29, 0.717) is 0 Å². The Bertz CT molecular complexity index is 999. The van der Waals surface area contributed by atoms with Crippen molar-refractivity contribution in [3.63, 3.8) is 0 Å². The number of rotatable bonds is 4. The number of carbonyl (C=O) groups is 2. The molecule has 2 aromatic rings. The number of aliphatic carboxylic acids is 1. The molecule has 0 fully saturated rings. The van der Waals surface area contributed by atoms with Gasteiger partial charge in [-0.2, -0.15) is 13.2 Å². The van der Waals surface area contributed by atoms with E-state index in [1.165, 1.54) is 30.3 Å². The van der Waals surface area contributed by atoms with Crippen LogP contribution in [0.5, 0.6) is 17.2 Å². The number of hydrogen-bond acceptors (Lipinski definition) is 4. The molecule has 1 heterocycles. The number of hydrogen-bond donors (Lipinski definition) is 2. The zero-order valence-electron chi connectivity index (χ0n) is 13.7. The van der Waals surface area contributed by atoms with Gasteiger partial charge in [-0.3, -0.25) is 0 Å². The van der Waals surface area contributed by atoms with E-state index < -0.39 is 29.8 Å². The number of carboxylic acid groups (broad SMARTS) is 2. The Kier molecular flexibility index (Phi) is 4.95. The number of aromatic carboxylic acids is 1. The third-order valence-electron chi connectivity index (χ3n) is 3.76. The van der Waals surface area contributed by atoms with Crippen LogP contribution in [0.2, 0.25) is 5.02 Å². The highest BCUT2D eigenvalue weighted by Gasteiger charge is 2.48. The topological polar surface area (TPSA) is 93.1 Å². The molecule has 2 aromatic carbocycles. The molecule has 6 nitrogen and oxygen atoms in total. The predicted molar refractivity (Wildman–Crippen MR) is 91.0 cm³/mol. The van der Waals surface area contributed by atoms with Crippen LogP contribution in [-0.4, -0.2) is 34.4 Å².